The van der Waals surface area contributed by atoms with Gasteiger partial charge in [0.1, 0.15) is 10.9 Å². The summed E-state index contributed by atoms with van der Waals surface area (Å²) < 4.78 is 6.65. The second-order valence-corrected chi connectivity index (χ2v) is 3.66. The monoisotopic (exact) mass is 235 g/mol. The Bertz CT molecular complexity index is 659. The van der Waals surface area contributed by atoms with Crippen molar-refractivity contribution in [1.82, 2.24) is 24.7 Å². The number of aromatic nitrogens is 5. The van der Waals surface area contributed by atoms with E-state index in [1.54, 1.807) is 16.7 Å². The molecule has 0 radical (unpaired) electrons. The molecule has 0 amide bonds. The zero-order chi connectivity index (χ0) is 11.1. The van der Waals surface area contributed by atoms with Gasteiger partial charge in [0.25, 0.3) is 0 Å². The summed E-state index contributed by atoms with van der Waals surface area (Å²) in [6, 6.07) is 1.77. The van der Waals surface area contributed by atoms with Gasteiger partial charge in [-0.25, -0.2) is 0 Å². The van der Waals surface area contributed by atoms with Crippen LogP contribution >= 0.6 is 11.6 Å². The molecule has 0 aliphatic carbocycles. The lowest BCUT2D eigenvalue weighted by molar-refractivity contribution is 0.399. The van der Waals surface area contributed by atoms with Crippen molar-refractivity contribution >= 4 is 17.2 Å². The van der Waals surface area contributed by atoms with E-state index in [1.807, 2.05) is 6.92 Å². The van der Waals surface area contributed by atoms with E-state index in [-0.39, 0.29) is 0 Å². The molecule has 3 aromatic heterocycles. The van der Waals surface area contributed by atoms with Crippen molar-refractivity contribution in [1.29, 1.82) is 0 Å². The van der Waals surface area contributed by atoms with Gasteiger partial charge in [0.05, 0.1) is 12.4 Å². The molecule has 80 valence electrons. The van der Waals surface area contributed by atoms with Crippen molar-refractivity contribution in [2.75, 3.05) is 0 Å². The maximum absolute atomic E-state index is 6.02. The number of hydrogen-bond donors (Lipinski definition) is 0. The predicted molar refractivity (Wildman–Crippen MR) is 56.0 cm³/mol. The molecule has 3 rings (SSSR count). The highest BCUT2D eigenvalue weighted by Gasteiger charge is 2.14. The van der Waals surface area contributed by atoms with Crippen LogP contribution in [0.25, 0.3) is 17.2 Å². The Kier molecular flexibility index (Phi) is 1.90. The maximum Gasteiger partial charge on any atom is 0.191 e. The lowest BCUT2D eigenvalue weighted by atomic mass is 10.3. The third-order valence-corrected chi connectivity index (χ3v) is 2.40. The molecular formula is C9H6ClN5O. The summed E-state index contributed by atoms with van der Waals surface area (Å²) in [5, 5.41) is 12.3. The molecule has 0 fully saturated rings. The number of halogens is 1. The van der Waals surface area contributed by atoms with Crippen LogP contribution in [-0.4, -0.2) is 24.7 Å². The SMILES string of the molecule is Cc1cc(-c2nnc3cncc(Cl)n23)no1. The maximum atomic E-state index is 6.02. The minimum Gasteiger partial charge on any atom is -0.361 e. The first-order valence-electron chi connectivity index (χ1n) is 4.54. The van der Waals surface area contributed by atoms with E-state index in [1.165, 1.54) is 6.20 Å². The van der Waals surface area contributed by atoms with Gasteiger partial charge in [-0.15, -0.1) is 10.2 Å². The van der Waals surface area contributed by atoms with E-state index in [9.17, 15) is 0 Å². The van der Waals surface area contributed by atoms with Crippen LogP contribution in [0, 0.1) is 6.92 Å². The minimum absolute atomic E-state index is 0.429. The van der Waals surface area contributed by atoms with Gasteiger partial charge in [0.2, 0.25) is 0 Å². The van der Waals surface area contributed by atoms with Gasteiger partial charge in [-0.3, -0.25) is 9.38 Å². The molecular weight excluding hydrogens is 230 g/mol. The van der Waals surface area contributed by atoms with Crippen LogP contribution in [-0.2, 0) is 0 Å². The van der Waals surface area contributed by atoms with Crippen molar-refractivity contribution in [3.63, 3.8) is 0 Å². The number of fused-ring (bicyclic) bond motifs is 1. The number of aryl methyl sites for hydroxylation is 1. The molecule has 0 spiro atoms. The second kappa shape index (κ2) is 3.28. The summed E-state index contributed by atoms with van der Waals surface area (Å²) in [5.41, 5.74) is 1.17. The Morgan fingerprint density at radius 3 is 2.94 bits per heavy atom. The van der Waals surface area contributed by atoms with E-state index in [0.29, 0.717) is 28.1 Å². The fraction of sp³-hybridized carbons (Fsp3) is 0.111. The topological polar surface area (TPSA) is 69.1 Å². The molecule has 3 heterocycles. The summed E-state index contributed by atoms with van der Waals surface area (Å²) in [4.78, 5) is 3.93. The molecule has 0 aromatic carbocycles. The largest absolute Gasteiger partial charge is 0.361 e. The lowest BCUT2D eigenvalue weighted by Gasteiger charge is -1.97. The van der Waals surface area contributed by atoms with Crippen molar-refractivity contribution in [2.24, 2.45) is 0 Å². The molecule has 0 bridgehead atoms. The van der Waals surface area contributed by atoms with Crippen molar-refractivity contribution in [3.05, 3.63) is 29.4 Å². The van der Waals surface area contributed by atoms with Gasteiger partial charge < -0.3 is 4.52 Å². The normalized spacial score (nSPS) is 11.1. The Balaban J connectivity index is 2.32. The van der Waals surface area contributed by atoms with Gasteiger partial charge in [-0.1, -0.05) is 16.8 Å². The molecule has 0 saturated carbocycles. The average molecular weight is 236 g/mol. The number of hydrogen-bond acceptors (Lipinski definition) is 5. The van der Waals surface area contributed by atoms with Crippen molar-refractivity contribution < 1.29 is 4.52 Å². The molecule has 0 saturated heterocycles. The third-order valence-electron chi connectivity index (χ3n) is 2.13. The van der Waals surface area contributed by atoms with Crippen LogP contribution in [0.4, 0.5) is 0 Å². The quantitative estimate of drug-likeness (QED) is 0.643. The summed E-state index contributed by atoms with van der Waals surface area (Å²) in [6.07, 6.45) is 3.10. The van der Waals surface area contributed by atoms with E-state index in [4.69, 9.17) is 16.1 Å². The van der Waals surface area contributed by atoms with Crippen LogP contribution in [0.15, 0.2) is 23.0 Å². The molecule has 0 atom stereocenters. The fourth-order valence-corrected chi connectivity index (χ4v) is 1.67. The molecule has 7 heteroatoms. The summed E-state index contributed by atoms with van der Waals surface area (Å²) in [7, 11) is 0. The number of nitrogens with zero attached hydrogens (tertiary/aromatic N) is 5. The smallest absolute Gasteiger partial charge is 0.191 e. The Labute approximate surface area is 94.9 Å². The first-order valence-corrected chi connectivity index (χ1v) is 4.92. The Morgan fingerprint density at radius 1 is 1.31 bits per heavy atom. The van der Waals surface area contributed by atoms with E-state index < -0.39 is 0 Å². The van der Waals surface area contributed by atoms with E-state index in [2.05, 4.69) is 20.3 Å². The van der Waals surface area contributed by atoms with Crippen LogP contribution < -0.4 is 0 Å². The van der Waals surface area contributed by atoms with Crippen LogP contribution in [0.2, 0.25) is 5.15 Å². The zero-order valence-electron chi connectivity index (χ0n) is 8.25. The van der Waals surface area contributed by atoms with Gasteiger partial charge in [0, 0.05) is 6.07 Å². The zero-order valence-corrected chi connectivity index (χ0v) is 9.01. The molecule has 16 heavy (non-hydrogen) atoms. The highest BCUT2D eigenvalue weighted by atomic mass is 35.5. The first kappa shape index (κ1) is 9.29. The van der Waals surface area contributed by atoms with Gasteiger partial charge in [-0.05, 0) is 6.92 Å². The lowest BCUT2D eigenvalue weighted by Crippen LogP contribution is -1.92. The summed E-state index contributed by atoms with van der Waals surface area (Å²) in [6.45, 7) is 1.81. The summed E-state index contributed by atoms with van der Waals surface area (Å²) >= 11 is 6.02. The average Bonchev–Trinajstić information content (AvgIpc) is 2.84. The molecule has 0 N–H and O–H groups in total. The van der Waals surface area contributed by atoms with Crippen LogP contribution in [0.5, 0.6) is 0 Å². The van der Waals surface area contributed by atoms with E-state index >= 15 is 0 Å². The second-order valence-electron chi connectivity index (χ2n) is 3.27. The van der Waals surface area contributed by atoms with Crippen molar-refractivity contribution in [2.45, 2.75) is 6.92 Å². The van der Waals surface area contributed by atoms with Crippen LogP contribution in [0.1, 0.15) is 5.76 Å². The standard InChI is InChI=1S/C9H6ClN5O/c1-5-2-6(14-16-5)9-13-12-8-4-11-3-7(10)15(8)9/h2-4H,1H3. The highest BCUT2D eigenvalue weighted by Crippen LogP contribution is 2.20. The van der Waals surface area contributed by atoms with E-state index in [0.717, 1.165) is 0 Å². The molecule has 0 aliphatic rings. The molecule has 6 nitrogen and oxygen atoms in total. The van der Waals surface area contributed by atoms with Crippen molar-refractivity contribution in [3.8, 4) is 11.5 Å². The highest BCUT2D eigenvalue weighted by molar-refractivity contribution is 6.29. The number of rotatable bonds is 1. The fourth-order valence-electron chi connectivity index (χ4n) is 1.45. The third kappa shape index (κ3) is 1.27. The van der Waals surface area contributed by atoms with Gasteiger partial charge >= 0.3 is 0 Å². The Morgan fingerprint density at radius 2 is 2.19 bits per heavy atom. The van der Waals surface area contributed by atoms with Gasteiger partial charge in [0.15, 0.2) is 17.2 Å². The summed E-state index contributed by atoms with van der Waals surface area (Å²) in [5.74, 6) is 1.25. The molecule has 3 aromatic rings. The minimum atomic E-state index is 0.429. The van der Waals surface area contributed by atoms with Crippen LogP contribution in [0.3, 0.4) is 0 Å². The molecule has 0 unspecified atom stereocenters. The first-order chi connectivity index (χ1) is 7.75. The van der Waals surface area contributed by atoms with Gasteiger partial charge in [-0.2, -0.15) is 0 Å². The molecule has 0 aliphatic heterocycles. The Hall–Kier alpha value is -1.95. The predicted octanol–water partition coefficient (Wildman–Crippen LogP) is 1.74.